The molecule has 0 saturated carbocycles. The number of likely N-dealkylation sites (N-methyl/N-ethyl adjacent to an activating group) is 1. The molecule has 0 unspecified atom stereocenters. The molecule has 0 bridgehead atoms. The molecule has 2 aromatic heterocycles. The van der Waals surface area contributed by atoms with Gasteiger partial charge < -0.3 is 9.32 Å². The molecule has 4 nitrogen and oxygen atoms in total. The third-order valence-corrected chi connectivity index (χ3v) is 4.90. The van der Waals surface area contributed by atoms with Gasteiger partial charge in [0.05, 0.1) is 17.7 Å². The van der Waals surface area contributed by atoms with Crippen molar-refractivity contribution in [1.82, 2.24) is 9.88 Å². The first-order valence-electron chi connectivity index (χ1n) is 8.14. The van der Waals surface area contributed by atoms with E-state index in [0.29, 0.717) is 16.5 Å². The number of aromatic nitrogens is 1. The Morgan fingerprint density at radius 3 is 2.63 bits per heavy atom. The van der Waals surface area contributed by atoms with Gasteiger partial charge in [-0.1, -0.05) is 18.2 Å². The number of aryl methyl sites for hydroxylation is 1. The van der Waals surface area contributed by atoms with E-state index in [1.165, 1.54) is 41.5 Å². The molecular weight excluding hydrogens is 377 g/mol. The summed E-state index contributed by atoms with van der Waals surface area (Å²) < 4.78 is 44.8. The van der Waals surface area contributed by atoms with Gasteiger partial charge in [-0.15, -0.1) is 11.3 Å². The van der Waals surface area contributed by atoms with Crippen molar-refractivity contribution < 1.29 is 22.4 Å². The van der Waals surface area contributed by atoms with Crippen LogP contribution in [-0.2, 0) is 23.9 Å². The van der Waals surface area contributed by atoms with Crippen molar-refractivity contribution in [2.75, 3.05) is 7.05 Å². The lowest BCUT2D eigenvalue weighted by Crippen LogP contribution is -2.29. The minimum absolute atomic E-state index is 0.0148. The Labute approximate surface area is 158 Å². The van der Waals surface area contributed by atoms with Crippen molar-refractivity contribution in [3.05, 3.63) is 64.4 Å². The number of hydrogen-bond donors (Lipinski definition) is 0. The lowest BCUT2D eigenvalue weighted by atomic mass is 10.1. The molecule has 0 aliphatic rings. The first kappa shape index (κ1) is 19.2. The molecule has 0 radical (unpaired) electrons. The number of carbonyl (C=O) groups excluding carboxylic acids is 1. The number of hydrogen-bond acceptors (Lipinski definition) is 4. The number of halogens is 3. The number of benzene rings is 1. The zero-order chi connectivity index (χ0) is 19.6. The Kier molecular flexibility index (Phi) is 5.36. The lowest BCUT2D eigenvalue weighted by molar-refractivity contribution is -0.139. The molecular formula is C19H17F3N2O2S. The third-order valence-electron chi connectivity index (χ3n) is 3.99. The van der Waals surface area contributed by atoms with E-state index in [2.05, 4.69) is 4.98 Å². The second-order valence-corrected chi connectivity index (χ2v) is 6.99. The van der Waals surface area contributed by atoms with Crippen LogP contribution in [0.4, 0.5) is 13.2 Å². The van der Waals surface area contributed by atoms with Crippen LogP contribution in [0.1, 0.15) is 22.6 Å². The Morgan fingerprint density at radius 2 is 1.96 bits per heavy atom. The highest BCUT2D eigenvalue weighted by Gasteiger charge is 2.33. The molecule has 0 spiro atoms. The highest BCUT2D eigenvalue weighted by Crippen LogP contribution is 2.32. The van der Waals surface area contributed by atoms with Crippen LogP contribution in [0, 0.1) is 6.92 Å². The summed E-state index contributed by atoms with van der Waals surface area (Å²) in [6, 6.07) is 8.90. The number of carbonyl (C=O) groups is 1. The summed E-state index contributed by atoms with van der Waals surface area (Å²) >= 11 is 1.36. The number of rotatable bonds is 5. The fraction of sp³-hybridized carbons (Fsp3) is 0.263. The quantitative estimate of drug-likeness (QED) is 0.616. The predicted octanol–water partition coefficient (Wildman–Crippen LogP) is 4.93. The molecule has 3 rings (SSSR count). The van der Waals surface area contributed by atoms with Gasteiger partial charge in [0.15, 0.2) is 10.8 Å². The molecule has 2 heterocycles. The third kappa shape index (κ3) is 4.57. The highest BCUT2D eigenvalue weighted by atomic mass is 32.1. The van der Waals surface area contributed by atoms with Crippen molar-refractivity contribution >= 4 is 17.2 Å². The minimum Gasteiger partial charge on any atom is -0.459 e. The normalized spacial score (nSPS) is 11.6. The summed E-state index contributed by atoms with van der Waals surface area (Å²) in [5, 5.41) is 2.42. The molecule has 27 heavy (non-hydrogen) atoms. The van der Waals surface area contributed by atoms with E-state index in [1.54, 1.807) is 11.4 Å². The van der Waals surface area contributed by atoms with Crippen LogP contribution in [-0.4, -0.2) is 22.8 Å². The molecule has 0 fully saturated rings. The van der Waals surface area contributed by atoms with E-state index in [9.17, 15) is 18.0 Å². The van der Waals surface area contributed by atoms with Crippen molar-refractivity contribution in [2.24, 2.45) is 0 Å². The van der Waals surface area contributed by atoms with E-state index < -0.39 is 11.7 Å². The van der Waals surface area contributed by atoms with Crippen LogP contribution >= 0.6 is 11.3 Å². The Morgan fingerprint density at radius 1 is 1.22 bits per heavy atom. The van der Waals surface area contributed by atoms with Gasteiger partial charge in [-0.2, -0.15) is 13.2 Å². The standard InChI is InChI=1S/C19H17F3N2O2S/c1-12-7-8-16(26-12)18-23-14(11-27-18)9-17(25)24(2)10-13-5-3-4-6-15(13)19(20,21)22/h3-8,11H,9-10H2,1-2H3. The smallest absolute Gasteiger partial charge is 0.416 e. The second-order valence-electron chi connectivity index (χ2n) is 6.14. The Balaban J connectivity index is 1.68. The lowest BCUT2D eigenvalue weighted by Gasteiger charge is -2.20. The average molecular weight is 394 g/mol. The van der Waals surface area contributed by atoms with Crippen molar-refractivity contribution in [3.8, 4) is 10.8 Å². The number of alkyl halides is 3. The summed E-state index contributed by atoms with van der Waals surface area (Å²) in [6.07, 6.45) is -4.44. The topological polar surface area (TPSA) is 46.3 Å². The zero-order valence-electron chi connectivity index (χ0n) is 14.7. The summed E-state index contributed by atoms with van der Waals surface area (Å²) in [4.78, 5) is 18.1. The molecule has 3 aromatic rings. The molecule has 142 valence electrons. The van der Waals surface area contributed by atoms with Gasteiger partial charge in [0, 0.05) is 19.0 Å². The highest BCUT2D eigenvalue weighted by molar-refractivity contribution is 7.13. The molecule has 0 N–H and O–H groups in total. The number of thiazole rings is 1. The summed E-state index contributed by atoms with van der Waals surface area (Å²) in [7, 11) is 1.48. The number of nitrogens with zero attached hydrogens (tertiary/aromatic N) is 2. The maximum absolute atomic E-state index is 13.1. The van der Waals surface area contributed by atoms with Gasteiger partial charge in [-0.05, 0) is 30.7 Å². The summed E-state index contributed by atoms with van der Waals surface area (Å²) in [5.74, 6) is 1.09. The van der Waals surface area contributed by atoms with Crippen molar-refractivity contribution in [3.63, 3.8) is 0 Å². The van der Waals surface area contributed by atoms with Gasteiger partial charge in [0.2, 0.25) is 5.91 Å². The molecule has 0 atom stereocenters. The van der Waals surface area contributed by atoms with Crippen LogP contribution in [0.15, 0.2) is 46.2 Å². The van der Waals surface area contributed by atoms with Gasteiger partial charge in [0.1, 0.15) is 5.76 Å². The number of amides is 1. The van der Waals surface area contributed by atoms with Gasteiger partial charge in [0.25, 0.3) is 0 Å². The van der Waals surface area contributed by atoms with Crippen molar-refractivity contribution in [1.29, 1.82) is 0 Å². The first-order valence-corrected chi connectivity index (χ1v) is 9.02. The maximum atomic E-state index is 13.1. The van der Waals surface area contributed by atoms with Gasteiger partial charge >= 0.3 is 6.18 Å². The van der Waals surface area contributed by atoms with E-state index in [0.717, 1.165) is 11.8 Å². The molecule has 8 heteroatoms. The predicted molar refractivity (Wildman–Crippen MR) is 96.2 cm³/mol. The second kappa shape index (κ2) is 7.56. The molecule has 0 aliphatic heterocycles. The zero-order valence-corrected chi connectivity index (χ0v) is 15.5. The van der Waals surface area contributed by atoms with E-state index in [1.807, 2.05) is 13.0 Å². The fourth-order valence-electron chi connectivity index (χ4n) is 2.62. The molecule has 0 saturated heterocycles. The van der Waals surface area contributed by atoms with Crippen LogP contribution in [0.5, 0.6) is 0 Å². The van der Waals surface area contributed by atoms with E-state index in [-0.39, 0.29) is 24.4 Å². The first-order chi connectivity index (χ1) is 12.7. The van der Waals surface area contributed by atoms with Crippen molar-refractivity contribution in [2.45, 2.75) is 26.1 Å². The summed E-state index contributed by atoms with van der Waals surface area (Å²) in [6.45, 7) is 1.71. The maximum Gasteiger partial charge on any atom is 0.416 e. The van der Waals surface area contributed by atoms with E-state index >= 15 is 0 Å². The number of furan rings is 1. The average Bonchev–Trinajstić information content (AvgIpc) is 3.23. The molecule has 1 amide bonds. The Bertz CT molecular complexity index is 946. The van der Waals surface area contributed by atoms with Crippen LogP contribution in [0.2, 0.25) is 0 Å². The molecule has 1 aromatic carbocycles. The SMILES string of the molecule is Cc1ccc(-c2nc(CC(=O)N(C)Cc3ccccc3C(F)(F)F)cs2)o1. The van der Waals surface area contributed by atoms with Crippen LogP contribution in [0.25, 0.3) is 10.8 Å². The van der Waals surface area contributed by atoms with E-state index in [4.69, 9.17) is 4.42 Å². The fourth-order valence-corrected chi connectivity index (χ4v) is 3.40. The van der Waals surface area contributed by atoms with Gasteiger partial charge in [-0.3, -0.25) is 4.79 Å². The molecule has 0 aliphatic carbocycles. The van der Waals surface area contributed by atoms with Crippen LogP contribution in [0.3, 0.4) is 0 Å². The minimum atomic E-state index is -4.45. The monoisotopic (exact) mass is 394 g/mol. The Hall–Kier alpha value is -2.61. The largest absolute Gasteiger partial charge is 0.459 e. The summed E-state index contributed by atoms with van der Waals surface area (Å²) in [5.41, 5.74) is -0.107. The van der Waals surface area contributed by atoms with Gasteiger partial charge in [-0.25, -0.2) is 4.98 Å². The van der Waals surface area contributed by atoms with Crippen LogP contribution < -0.4 is 0 Å².